The van der Waals surface area contributed by atoms with Gasteiger partial charge in [-0.15, -0.1) is 0 Å². The Kier molecular flexibility index (Phi) is 5.35. The number of nitrogens with two attached hydrogens (primary N) is 1. The van der Waals surface area contributed by atoms with Gasteiger partial charge in [-0.25, -0.2) is 4.98 Å². The Labute approximate surface area is 120 Å². The Morgan fingerprint density at radius 3 is 2.75 bits per heavy atom. The summed E-state index contributed by atoms with van der Waals surface area (Å²) in [5.41, 5.74) is 6.45. The standard InChI is InChI=1S/C15H24N4O/c1-19(12-5-3-2-4-6-12)13-7-8-14(17-11-13)18-15(20)9-10-16/h7-8,11-12H,2-6,9-10,16H2,1H3,(H,17,18,20). The molecule has 1 amide bonds. The van der Waals surface area contributed by atoms with Gasteiger partial charge in [0, 0.05) is 26.1 Å². The van der Waals surface area contributed by atoms with Gasteiger partial charge in [0.25, 0.3) is 0 Å². The second kappa shape index (κ2) is 7.24. The van der Waals surface area contributed by atoms with Crippen LogP contribution in [-0.4, -0.2) is 30.5 Å². The number of carbonyl (C=O) groups excluding carboxylic acids is 1. The maximum atomic E-state index is 11.4. The van der Waals surface area contributed by atoms with Crippen molar-refractivity contribution in [2.24, 2.45) is 5.73 Å². The number of hydrogen-bond donors (Lipinski definition) is 2. The van der Waals surface area contributed by atoms with Gasteiger partial charge in [0.05, 0.1) is 11.9 Å². The van der Waals surface area contributed by atoms with Crippen molar-refractivity contribution in [1.29, 1.82) is 0 Å². The van der Waals surface area contributed by atoms with E-state index in [-0.39, 0.29) is 5.91 Å². The molecule has 1 aliphatic rings. The Balaban J connectivity index is 1.94. The van der Waals surface area contributed by atoms with Crippen LogP contribution in [0.5, 0.6) is 0 Å². The molecule has 1 aromatic heterocycles. The highest BCUT2D eigenvalue weighted by atomic mass is 16.1. The molecule has 1 aromatic rings. The average Bonchev–Trinajstić information content (AvgIpc) is 2.48. The summed E-state index contributed by atoms with van der Waals surface area (Å²) in [4.78, 5) is 18.0. The number of nitrogens with zero attached hydrogens (tertiary/aromatic N) is 2. The zero-order chi connectivity index (χ0) is 14.4. The molecule has 1 saturated carbocycles. The van der Waals surface area contributed by atoms with Crippen molar-refractivity contribution in [2.75, 3.05) is 23.8 Å². The summed E-state index contributed by atoms with van der Waals surface area (Å²) < 4.78 is 0. The normalized spacial score (nSPS) is 15.9. The van der Waals surface area contributed by atoms with Crippen molar-refractivity contribution in [2.45, 2.75) is 44.6 Å². The maximum absolute atomic E-state index is 11.4. The van der Waals surface area contributed by atoms with Crippen LogP contribution in [0.3, 0.4) is 0 Å². The molecule has 0 saturated heterocycles. The summed E-state index contributed by atoms with van der Waals surface area (Å²) in [6, 6.07) is 4.48. The van der Waals surface area contributed by atoms with E-state index in [2.05, 4.69) is 22.2 Å². The second-order valence-corrected chi connectivity index (χ2v) is 5.39. The molecule has 0 unspecified atom stereocenters. The first-order valence-electron chi connectivity index (χ1n) is 7.39. The molecule has 2 rings (SSSR count). The van der Waals surface area contributed by atoms with Gasteiger partial charge in [0.15, 0.2) is 0 Å². The van der Waals surface area contributed by atoms with Crippen molar-refractivity contribution in [3.8, 4) is 0 Å². The molecular formula is C15H24N4O. The van der Waals surface area contributed by atoms with Crippen LogP contribution < -0.4 is 16.0 Å². The van der Waals surface area contributed by atoms with Gasteiger partial charge in [-0.1, -0.05) is 19.3 Å². The van der Waals surface area contributed by atoms with Crippen LogP contribution in [0.4, 0.5) is 11.5 Å². The van der Waals surface area contributed by atoms with Crippen LogP contribution in [-0.2, 0) is 4.79 Å². The third-order valence-electron chi connectivity index (χ3n) is 3.92. The zero-order valence-corrected chi connectivity index (χ0v) is 12.1. The number of carbonyl (C=O) groups is 1. The minimum absolute atomic E-state index is 0.0895. The number of amides is 1. The van der Waals surface area contributed by atoms with Crippen LogP contribution in [0.1, 0.15) is 38.5 Å². The van der Waals surface area contributed by atoms with Gasteiger partial charge >= 0.3 is 0 Å². The van der Waals surface area contributed by atoms with Crippen LogP contribution in [0.25, 0.3) is 0 Å². The summed E-state index contributed by atoms with van der Waals surface area (Å²) >= 11 is 0. The van der Waals surface area contributed by atoms with Crippen molar-refractivity contribution in [1.82, 2.24) is 4.98 Å². The molecular weight excluding hydrogens is 252 g/mol. The summed E-state index contributed by atoms with van der Waals surface area (Å²) in [7, 11) is 2.12. The minimum Gasteiger partial charge on any atom is -0.370 e. The van der Waals surface area contributed by atoms with E-state index in [1.807, 2.05) is 18.3 Å². The third kappa shape index (κ3) is 3.93. The first-order chi connectivity index (χ1) is 9.70. The highest BCUT2D eigenvalue weighted by Gasteiger charge is 2.18. The second-order valence-electron chi connectivity index (χ2n) is 5.39. The molecule has 1 aliphatic carbocycles. The van der Waals surface area contributed by atoms with Crippen molar-refractivity contribution >= 4 is 17.4 Å². The molecule has 5 heteroatoms. The number of pyridine rings is 1. The number of nitrogens with one attached hydrogen (secondary N) is 1. The Morgan fingerprint density at radius 1 is 1.40 bits per heavy atom. The fourth-order valence-corrected chi connectivity index (χ4v) is 2.68. The minimum atomic E-state index is -0.0895. The molecule has 5 nitrogen and oxygen atoms in total. The van der Waals surface area contributed by atoms with Crippen molar-refractivity contribution in [3.05, 3.63) is 18.3 Å². The summed E-state index contributed by atoms with van der Waals surface area (Å²) in [5, 5.41) is 2.74. The summed E-state index contributed by atoms with van der Waals surface area (Å²) in [6.45, 7) is 0.355. The molecule has 3 N–H and O–H groups in total. The maximum Gasteiger partial charge on any atom is 0.226 e. The zero-order valence-electron chi connectivity index (χ0n) is 12.1. The number of hydrogen-bond acceptors (Lipinski definition) is 4. The monoisotopic (exact) mass is 276 g/mol. The van der Waals surface area contributed by atoms with E-state index in [1.165, 1.54) is 32.1 Å². The Bertz CT molecular complexity index is 426. The third-order valence-corrected chi connectivity index (χ3v) is 3.92. The molecule has 0 aliphatic heterocycles. The molecule has 0 atom stereocenters. The molecule has 1 heterocycles. The lowest BCUT2D eigenvalue weighted by Gasteiger charge is -2.32. The first kappa shape index (κ1) is 14.8. The highest BCUT2D eigenvalue weighted by molar-refractivity contribution is 5.89. The fourth-order valence-electron chi connectivity index (χ4n) is 2.68. The van der Waals surface area contributed by atoms with Gasteiger partial charge in [0.1, 0.15) is 5.82 Å². The molecule has 1 fully saturated rings. The Hall–Kier alpha value is -1.62. The van der Waals surface area contributed by atoms with E-state index < -0.39 is 0 Å². The lowest BCUT2D eigenvalue weighted by molar-refractivity contribution is -0.116. The van der Waals surface area contributed by atoms with Gasteiger partial charge in [-0.2, -0.15) is 0 Å². The van der Waals surface area contributed by atoms with Gasteiger partial charge in [-0.3, -0.25) is 4.79 Å². The van der Waals surface area contributed by atoms with E-state index in [9.17, 15) is 4.79 Å². The summed E-state index contributed by atoms with van der Waals surface area (Å²) in [5.74, 6) is 0.498. The van der Waals surface area contributed by atoms with Gasteiger partial charge in [0.2, 0.25) is 5.91 Å². The Morgan fingerprint density at radius 2 is 2.15 bits per heavy atom. The van der Waals surface area contributed by atoms with Crippen LogP contribution in [0.15, 0.2) is 18.3 Å². The largest absolute Gasteiger partial charge is 0.370 e. The number of rotatable bonds is 5. The number of aromatic nitrogens is 1. The number of anilines is 2. The lowest BCUT2D eigenvalue weighted by Crippen LogP contribution is -2.33. The molecule has 0 bridgehead atoms. The molecule has 20 heavy (non-hydrogen) atoms. The fraction of sp³-hybridized carbons (Fsp3) is 0.600. The quantitative estimate of drug-likeness (QED) is 0.864. The highest BCUT2D eigenvalue weighted by Crippen LogP contribution is 2.26. The van der Waals surface area contributed by atoms with E-state index >= 15 is 0 Å². The van der Waals surface area contributed by atoms with Crippen LogP contribution in [0, 0.1) is 0 Å². The topological polar surface area (TPSA) is 71.2 Å². The van der Waals surface area contributed by atoms with Crippen LogP contribution >= 0.6 is 0 Å². The smallest absolute Gasteiger partial charge is 0.226 e. The van der Waals surface area contributed by atoms with E-state index in [0.717, 1.165) is 5.69 Å². The predicted molar refractivity (Wildman–Crippen MR) is 81.8 cm³/mol. The van der Waals surface area contributed by atoms with Gasteiger partial charge in [-0.05, 0) is 25.0 Å². The van der Waals surface area contributed by atoms with Crippen LogP contribution in [0.2, 0.25) is 0 Å². The molecule has 110 valence electrons. The van der Waals surface area contributed by atoms with Gasteiger partial charge < -0.3 is 16.0 Å². The molecule has 0 spiro atoms. The SMILES string of the molecule is CN(c1ccc(NC(=O)CCN)nc1)C1CCCCC1. The van der Waals surface area contributed by atoms with Crippen molar-refractivity contribution in [3.63, 3.8) is 0 Å². The lowest BCUT2D eigenvalue weighted by atomic mass is 9.94. The molecule has 0 aromatic carbocycles. The van der Waals surface area contributed by atoms with E-state index in [4.69, 9.17) is 5.73 Å². The van der Waals surface area contributed by atoms with Crippen molar-refractivity contribution < 1.29 is 4.79 Å². The average molecular weight is 276 g/mol. The first-order valence-corrected chi connectivity index (χ1v) is 7.39. The summed E-state index contributed by atoms with van der Waals surface area (Å²) in [6.07, 6.45) is 8.65. The predicted octanol–water partition coefficient (Wildman–Crippen LogP) is 2.14. The van der Waals surface area contributed by atoms with E-state index in [0.29, 0.717) is 24.8 Å². The van der Waals surface area contributed by atoms with E-state index in [1.54, 1.807) is 0 Å². The molecule has 0 radical (unpaired) electrons.